The highest BCUT2D eigenvalue weighted by molar-refractivity contribution is 6.30. The first-order chi connectivity index (χ1) is 8.57. The van der Waals surface area contributed by atoms with Crippen LogP contribution in [0, 0.1) is 16.7 Å². The van der Waals surface area contributed by atoms with E-state index in [0.29, 0.717) is 24.4 Å². The van der Waals surface area contributed by atoms with Gasteiger partial charge >= 0.3 is 0 Å². The molecule has 0 bridgehead atoms. The van der Waals surface area contributed by atoms with Gasteiger partial charge in [-0.1, -0.05) is 23.7 Å². The van der Waals surface area contributed by atoms with Gasteiger partial charge in [0.25, 0.3) is 0 Å². The van der Waals surface area contributed by atoms with Crippen LogP contribution < -0.4 is 0 Å². The lowest BCUT2D eigenvalue weighted by molar-refractivity contribution is -0.142. The van der Waals surface area contributed by atoms with E-state index in [1.807, 2.05) is 12.1 Å². The van der Waals surface area contributed by atoms with Gasteiger partial charge < -0.3 is 4.90 Å². The smallest absolute Gasteiger partial charge is 0.243 e. The predicted octanol–water partition coefficient (Wildman–Crippen LogP) is 2.99. The first-order valence-corrected chi connectivity index (χ1v) is 6.36. The van der Waals surface area contributed by atoms with E-state index in [9.17, 15) is 4.79 Å². The van der Waals surface area contributed by atoms with Gasteiger partial charge in [-0.25, -0.2) is 0 Å². The highest BCUT2D eigenvalue weighted by Crippen LogP contribution is 2.41. The Morgan fingerprint density at radius 2 is 2.06 bits per heavy atom. The van der Waals surface area contributed by atoms with Crippen LogP contribution in [-0.4, -0.2) is 17.9 Å². The molecule has 0 saturated heterocycles. The third-order valence-electron chi connectivity index (χ3n) is 3.51. The zero-order chi connectivity index (χ0) is 13.2. The van der Waals surface area contributed by atoms with Crippen LogP contribution in [0.5, 0.6) is 0 Å². The van der Waals surface area contributed by atoms with Crippen LogP contribution in [-0.2, 0) is 11.3 Å². The highest BCUT2D eigenvalue weighted by atomic mass is 35.5. The standard InChI is InChI=1S/C14H15ClN2O/c1-17(9-11-3-5-12(15)6-4-11)13(18)14(10-16)7-2-8-14/h3-6H,2,7-9H2,1H3. The fraction of sp³-hybridized carbons (Fsp3) is 0.429. The molecule has 2 rings (SSSR count). The Balaban J connectivity index is 2.04. The summed E-state index contributed by atoms with van der Waals surface area (Å²) in [7, 11) is 1.74. The maximum Gasteiger partial charge on any atom is 0.243 e. The lowest BCUT2D eigenvalue weighted by Crippen LogP contribution is -2.45. The minimum atomic E-state index is -0.763. The van der Waals surface area contributed by atoms with E-state index in [-0.39, 0.29) is 5.91 Å². The molecule has 0 aromatic heterocycles. The summed E-state index contributed by atoms with van der Waals surface area (Å²) >= 11 is 5.81. The summed E-state index contributed by atoms with van der Waals surface area (Å²) in [6.07, 6.45) is 2.34. The van der Waals surface area contributed by atoms with Gasteiger partial charge in [0.05, 0.1) is 6.07 Å². The summed E-state index contributed by atoms with van der Waals surface area (Å²) in [6, 6.07) is 9.58. The fourth-order valence-electron chi connectivity index (χ4n) is 2.20. The zero-order valence-electron chi connectivity index (χ0n) is 10.3. The molecule has 0 unspecified atom stereocenters. The molecule has 3 nitrogen and oxygen atoms in total. The van der Waals surface area contributed by atoms with Crippen LogP contribution in [0.2, 0.25) is 5.02 Å². The van der Waals surface area contributed by atoms with Gasteiger partial charge in [-0.05, 0) is 37.0 Å². The summed E-state index contributed by atoms with van der Waals surface area (Å²) in [4.78, 5) is 13.9. The zero-order valence-corrected chi connectivity index (χ0v) is 11.1. The molecule has 0 radical (unpaired) electrons. The number of hydrogen-bond donors (Lipinski definition) is 0. The number of carbonyl (C=O) groups is 1. The molecule has 0 spiro atoms. The molecule has 0 N–H and O–H groups in total. The summed E-state index contributed by atoms with van der Waals surface area (Å²) in [5, 5.41) is 9.82. The monoisotopic (exact) mass is 262 g/mol. The maximum atomic E-state index is 12.2. The van der Waals surface area contributed by atoms with Crippen molar-refractivity contribution >= 4 is 17.5 Å². The Hall–Kier alpha value is -1.53. The van der Waals surface area contributed by atoms with Crippen LogP contribution in [0.15, 0.2) is 24.3 Å². The van der Waals surface area contributed by atoms with E-state index >= 15 is 0 Å². The average Bonchev–Trinajstić information content (AvgIpc) is 2.31. The topological polar surface area (TPSA) is 44.1 Å². The second-order valence-electron chi connectivity index (χ2n) is 4.84. The summed E-state index contributed by atoms with van der Waals surface area (Å²) < 4.78 is 0. The first kappa shape index (κ1) is 12.9. The van der Waals surface area contributed by atoms with E-state index in [2.05, 4.69) is 6.07 Å². The normalized spacial score (nSPS) is 16.5. The molecule has 0 aliphatic heterocycles. The molecule has 1 aliphatic carbocycles. The molecule has 1 fully saturated rings. The fourth-order valence-corrected chi connectivity index (χ4v) is 2.33. The van der Waals surface area contributed by atoms with Crippen molar-refractivity contribution in [2.75, 3.05) is 7.05 Å². The average molecular weight is 263 g/mol. The second kappa shape index (κ2) is 4.99. The van der Waals surface area contributed by atoms with Crippen molar-refractivity contribution in [3.63, 3.8) is 0 Å². The predicted molar refractivity (Wildman–Crippen MR) is 69.8 cm³/mol. The van der Waals surface area contributed by atoms with Crippen LogP contribution >= 0.6 is 11.6 Å². The van der Waals surface area contributed by atoms with Gasteiger partial charge in [0.2, 0.25) is 5.91 Å². The van der Waals surface area contributed by atoms with Crippen LogP contribution in [0.1, 0.15) is 24.8 Å². The van der Waals surface area contributed by atoms with E-state index in [4.69, 9.17) is 16.9 Å². The number of amides is 1. The number of benzene rings is 1. The second-order valence-corrected chi connectivity index (χ2v) is 5.27. The Morgan fingerprint density at radius 1 is 1.44 bits per heavy atom. The van der Waals surface area contributed by atoms with Crippen LogP contribution in [0.4, 0.5) is 0 Å². The number of nitriles is 1. The highest BCUT2D eigenvalue weighted by Gasteiger charge is 2.46. The van der Waals surface area contributed by atoms with Crippen molar-refractivity contribution in [3.05, 3.63) is 34.9 Å². The lowest BCUT2D eigenvalue weighted by atomic mass is 9.69. The summed E-state index contributed by atoms with van der Waals surface area (Å²) in [6.45, 7) is 0.513. The summed E-state index contributed by atoms with van der Waals surface area (Å²) in [5.74, 6) is -0.0637. The van der Waals surface area contributed by atoms with E-state index in [1.165, 1.54) is 0 Å². The van der Waals surface area contributed by atoms with Crippen molar-refractivity contribution in [2.45, 2.75) is 25.8 Å². The molecular weight excluding hydrogens is 248 g/mol. The number of rotatable bonds is 3. The van der Waals surface area contributed by atoms with Crippen molar-refractivity contribution in [3.8, 4) is 6.07 Å². The Morgan fingerprint density at radius 3 is 2.50 bits per heavy atom. The molecule has 94 valence electrons. The third-order valence-corrected chi connectivity index (χ3v) is 3.76. The lowest BCUT2D eigenvalue weighted by Gasteiger charge is -2.36. The van der Waals surface area contributed by atoms with Gasteiger partial charge in [0, 0.05) is 18.6 Å². The molecule has 0 heterocycles. The minimum absolute atomic E-state index is 0.0637. The molecule has 1 saturated carbocycles. The Labute approximate surface area is 112 Å². The molecular formula is C14H15ClN2O. The number of nitrogens with zero attached hydrogens (tertiary/aromatic N) is 2. The van der Waals surface area contributed by atoms with E-state index in [0.717, 1.165) is 12.0 Å². The number of hydrogen-bond acceptors (Lipinski definition) is 2. The number of halogens is 1. The van der Waals surface area contributed by atoms with Gasteiger partial charge in [-0.15, -0.1) is 0 Å². The molecule has 18 heavy (non-hydrogen) atoms. The SMILES string of the molecule is CN(Cc1ccc(Cl)cc1)C(=O)C1(C#N)CCC1. The largest absolute Gasteiger partial charge is 0.340 e. The van der Waals surface area contributed by atoms with Crippen molar-refractivity contribution in [1.82, 2.24) is 4.90 Å². The molecule has 1 aromatic carbocycles. The third kappa shape index (κ3) is 2.34. The van der Waals surface area contributed by atoms with Crippen molar-refractivity contribution < 1.29 is 4.79 Å². The molecule has 1 amide bonds. The summed E-state index contributed by atoms with van der Waals surface area (Å²) in [5.41, 5.74) is 0.254. The maximum absolute atomic E-state index is 12.2. The molecule has 0 atom stereocenters. The van der Waals surface area contributed by atoms with E-state index in [1.54, 1.807) is 24.1 Å². The van der Waals surface area contributed by atoms with Gasteiger partial charge in [0.15, 0.2) is 0 Å². The van der Waals surface area contributed by atoms with Gasteiger partial charge in [0.1, 0.15) is 5.41 Å². The molecule has 1 aliphatic rings. The van der Waals surface area contributed by atoms with Crippen molar-refractivity contribution in [1.29, 1.82) is 5.26 Å². The minimum Gasteiger partial charge on any atom is -0.340 e. The van der Waals surface area contributed by atoms with Crippen molar-refractivity contribution in [2.24, 2.45) is 5.41 Å². The quantitative estimate of drug-likeness (QED) is 0.841. The number of carbonyl (C=O) groups excluding carboxylic acids is 1. The molecule has 1 aromatic rings. The molecule has 4 heteroatoms. The van der Waals surface area contributed by atoms with E-state index < -0.39 is 5.41 Å². The Kier molecular flexibility index (Phi) is 3.58. The van der Waals surface area contributed by atoms with Gasteiger partial charge in [-0.2, -0.15) is 5.26 Å². The first-order valence-electron chi connectivity index (χ1n) is 5.99. The Bertz CT molecular complexity index is 486. The van der Waals surface area contributed by atoms with Crippen LogP contribution in [0.25, 0.3) is 0 Å². The van der Waals surface area contributed by atoms with Crippen LogP contribution in [0.3, 0.4) is 0 Å². The van der Waals surface area contributed by atoms with Gasteiger partial charge in [-0.3, -0.25) is 4.79 Å².